The zero-order valence-corrected chi connectivity index (χ0v) is 10.4. The molecule has 2 rings (SSSR count). The SMILES string of the molecule is Cc1ccc([N+](=O)[O-])c(NC2CCCC2CO)c1. The standard InChI is InChI=1S/C13H18N2O3/c1-9-5-6-13(15(17)18)12(7-9)14-11-4-2-3-10(11)8-16/h5-7,10-11,14,16H,2-4,8H2,1H3. The zero-order chi connectivity index (χ0) is 13.1. The summed E-state index contributed by atoms with van der Waals surface area (Å²) in [6.07, 6.45) is 2.99. The van der Waals surface area contributed by atoms with Crippen LogP contribution in [-0.4, -0.2) is 22.7 Å². The lowest BCUT2D eigenvalue weighted by Gasteiger charge is -2.20. The van der Waals surface area contributed by atoms with Crippen molar-refractivity contribution in [1.82, 2.24) is 0 Å². The number of anilines is 1. The predicted molar refractivity (Wildman–Crippen MR) is 69.7 cm³/mol. The summed E-state index contributed by atoms with van der Waals surface area (Å²) < 4.78 is 0. The Hall–Kier alpha value is -1.62. The van der Waals surface area contributed by atoms with Crippen molar-refractivity contribution < 1.29 is 10.0 Å². The minimum atomic E-state index is -0.370. The summed E-state index contributed by atoms with van der Waals surface area (Å²) in [4.78, 5) is 10.6. The molecule has 1 aliphatic carbocycles. The largest absolute Gasteiger partial charge is 0.396 e. The number of nitrogens with one attached hydrogen (secondary N) is 1. The van der Waals surface area contributed by atoms with Crippen LogP contribution < -0.4 is 5.32 Å². The predicted octanol–water partition coefficient (Wildman–Crippen LogP) is 2.48. The molecule has 0 aliphatic heterocycles. The molecule has 1 aliphatic rings. The monoisotopic (exact) mass is 250 g/mol. The highest BCUT2D eigenvalue weighted by molar-refractivity contribution is 5.63. The second-order valence-electron chi connectivity index (χ2n) is 4.90. The summed E-state index contributed by atoms with van der Waals surface area (Å²) in [7, 11) is 0. The molecule has 0 radical (unpaired) electrons. The molecule has 5 heteroatoms. The van der Waals surface area contributed by atoms with Crippen molar-refractivity contribution in [3.05, 3.63) is 33.9 Å². The molecule has 1 saturated carbocycles. The average Bonchev–Trinajstić information content (AvgIpc) is 2.76. The molecule has 2 N–H and O–H groups in total. The van der Waals surface area contributed by atoms with Gasteiger partial charge in [0.2, 0.25) is 0 Å². The average molecular weight is 250 g/mol. The van der Waals surface area contributed by atoms with Gasteiger partial charge in [-0.3, -0.25) is 10.1 Å². The van der Waals surface area contributed by atoms with Gasteiger partial charge in [0.1, 0.15) is 5.69 Å². The van der Waals surface area contributed by atoms with Gasteiger partial charge < -0.3 is 10.4 Å². The topological polar surface area (TPSA) is 75.4 Å². The van der Waals surface area contributed by atoms with Crippen LogP contribution >= 0.6 is 0 Å². The summed E-state index contributed by atoms with van der Waals surface area (Å²) in [5.74, 6) is 0.199. The maximum absolute atomic E-state index is 11.0. The molecule has 0 heterocycles. The van der Waals surface area contributed by atoms with E-state index in [1.165, 1.54) is 6.07 Å². The maximum Gasteiger partial charge on any atom is 0.292 e. The van der Waals surface area contributed by atoms with Gasteiger partial charge in [-0.25, -0.2) is 0 Å². The Balaban J connectivity index is 2.22. The Labute approximate surface area is 106 Å². The van der Waals surface area contributed by atoms with Crippen LogP contribution in [0.25, 0.3) is 0 Å². The molecule has 0 saturated heterocycles. The Morgan fingerprint density at radius 2 is 2.28 bits per heavy atom. The van der Waals surface area contributed by atoms with Gasteiger partial charge in [-0.15, -0.1) is 0 Å². The molecule has 1 fully saturated rings. The van der Waals surface area contributed by atoms with E-state index in [-0.39, 0.29) is 29.2 Å². The second kappa shape index (κ2) is 5.35. The van der Waals surface area contributed by atoms with Crippen molar-refractivity contribution in [2.45, 2.75) is 32.2 Å². The minimum Gasteiger partial charge on any atom is -0.396 e. The van der Waals surface area contributed by atoms with E-state index in [0.29, 0.717) is 5.69 Å². The number of nitro groups is 1. The molecule has 98 valence electrons. The summed E-state index contributed by atoms with van der Waals surface area (Å²) >= 11 is 0. The molecule has 18 heavy (non-hydrogen) atoms. The molecule has 0 spiro atoms. The summed E-state index contributed by atoms with van der Waals surface area (Å²) in [5, 5.41) is 23.5. The van der Waals surface area contributed by atoms with Gasteiger partial charge in [0.25, 0.3) is 5.69 Å². The van der Waals surface area contributed by atoms with Crippen molar-refractivity contribution in [1.29, 1.82) is 0 Å². The zero-order valence-electron chi connectivity index (χ0n) is 10.4. The fourth-order valence-electron chi connectivity index (χ4n) is 2.57. The van der Waals surface area contributed by atoms with Crippen LogP contribution in [0.2, 0.25) is 0 Å². The second-order valence-corrected chi connectivity index (χ2v) is 4.90. The van der Waals surface area contributed by atoms with Crippen molar-refractivity contribution in [3.8, 4) is 0 Å². The Bertz CT molecular complexity index is 448. The van der Waals surface area contributed by atoms with Gasteiger partial charge in [0.15, 0.2) is 0 Å². The van der Waals surface area contributed by atoms with E-state index >= 15 is 0 Å². The molecule has 2 unspecified atom stereocenters. The maximum atomic E-state index is 11.0. The van der Waals surface area contributed by atoms with E-state index in [0.717, 1.165) is 24.8 Å². The third-order valence-electron chi connectivity index (χ3n) is 3.58. The highest BCUT2D eigenvalue weighted by Gasteiger charge is 2.28. The Kier molecular flexibility index (Phi) is 3.81. The summed E-state index contributed by atoms with van der Waals surface area (Å²) in [6, 6.07) is 5.20. The first-order valence-corrected chi connectivity index (χ1v) is 6.24. The summed E-state index contributed by atoms with van der Waals surface area (Å²) in [6.45, 7) is 2.05. The number of nitro benzene ring substituents is 1. The van der Waals surface area contributed by atoms with Crippen LogP contribution in [0.15, 0.2) is 18.2 Å². The normalized spacial score (nSPS) is 23.0. The lowest BCUT2D eigenvalue weighted by atomic mass is 10.0. The number of aliphatic hydroxyl groups is 1. The van der Waals surface area contributed by atoms with Crippen LogP contribution in [0.4, 0.5) is 11.4 Å². The third-order valence-corrected chi connectivity index (χ3v) is 3.58. The number of nitrogens with zero attached hydrogens (tertiary/aromatic N) is 1. The van der Waals surface area contributed by atoms with Gasteiger partial charge in [0, 0.05) is 24.6 Å². The van der Waals surface area contributed by atoms with Crippen LogP contribution in [0, 0.1) is 23.0 Å². The highest BCUT2D eigenvalue weighted by Crippen LogP contribution is 2.32. The van der Waals surface area contributed by atoms with E-state index < -0.39 is 0 Å². The van der Waals surface area contributed by atoms with E-state index in [9.17, 15) is 15.2 Å². The Morgan fingerprint density at radius 1 is 1.50 bits per heavy atom. The molecular formula is C13H18N2O3. The van der Waals surface area contributed by atoms with Gasteiger partial charge in [-0.1, -0.05) is 12.5 Å². The first kappa shape index (κ1) is 12.8. The smallest absolute Gasteiger partial charge is 0.292 e. The Morgan fingerprint density at radius 3 is 2.94 bits per heavy atom. The molecule has 0 aromatic heterocycles. The number of aliphatic hydroxyl groups excluding tert-OH is 1. The number of hydrogen-bond acceptors (Lipinski definition) is 4. The van der Waals surface area contributed by atoms with E-state index in [4.69, 9.17) is 0 Å². The van der Waals surface area contributed by atoms with Crippen LogP contribution in [0.1, 0.15) is 24.8 Å². The molecule has 5 nitrogen and oxygen atoms in total. The quantitative estimate of drug-likeness (QED) is 0.636. The molecule has 2 atom stereocenters. The first-order valence-electron chi connectivity index (χ1n) is 6.24. The van der Waals surface area contributed by atoms with Crippen molar-refractivity contribution in [2.24, 2.45) is 5.92 Å². The van der Waals surface area contributed by atoms with E-state index in [1.54, 1.807) is 12.1 Å². The number of aryl methyl sites for hydroxylation is 1. The van der Waals surface area contributed by atoms with Crippen molar-refractivity contribution >= 4 is 11.4 Å². The molecule has 1 aromatic rings. The lowest BCUT2D eigenvalue weighted by molar-refractivity contribution is -0.384. The van der Waals surface area contributed by atoms with Gasteiger partial charge in [-0.2, -0.15) is 0 Å². The third kappa shape index (κ3) is 2.61. The van der Waals surface area contributed by atoms with Crippen molar-refractivity contribution in [2.75, 3.05) is 11.9 Å². The van der Waals surface area contributed by atoms with E-state index in [1.807, 2.05) is 6.92 Å². The highest BCUT2D eigenvalue weighted by atomic mass is 16.6. The number of rotatable bonds is 4. The fourth-order valence-corrected chi connectivity index (χ4v) is 2.57. The first-order chi connectivity index (χ1) is 8.61. The number of benzene rings is 1. The molecule has 1 aromatic carbocycles. The van der Waals surface area contributed by atoms with Gasteiger partial charge >= 0.3 is 0 Å². The van der Waals surface area contributed by atoms with Crippen LogP contribution in [-0.2, 0) is 0 Å². The van der Waals surface area contributed by atoms with Crippen molar-refractivity contribution in [3.63, 3.8) is 0 Å². The van der Waals surface area contributed by atoms with Gasteiger partial charge in [0.05, 0.1) is 4.92 Å². The van der Waals surface area contributed by atoms with Gasteiger partial charge in [-0.05, 0) is 31.4 Å². The molecule has 0 bridgehead atoms. The minimum absolute atomic E-state index is 0.101. The summed E-state index contributed by atoms with van der Waals surface area (Å²) in [5.41, 5.74) is 1.65. The molecule has 0 amide bonds. The molecular weight excluding hydrogens is 232 g/mol. The van der Waals surface area contributed by atoms with Crippen LogP contribution in [0.3, 0.4) is 0 Å². The fraction of sp³-hybridized carbons (Fsp3) is 0.538. The lowest BCUT2D eigenvalue weighted by Crippen LogP contribution is -2.26. The van der Waals surface area contributed by atoms with E-state index in [2.05, 4.69) is 5.32 Å². The van der Waals surface area contributed by atoms with Crippen LogP contribution in [0.5, 0.6) is 0 Å². The number of hydrogen-bond donors (Lipinski definition) is 2.